The summed E-state index contributed by atoms with van der Waals surface area (Å²) in [6, 6.07) is 32.0. The molecule has 4 aromatic rings. The zero-order chi connectivity index (χ0) is 24.2. The molecule has 0 spiro atoms. The van der Waals surface area contributed by atoms with Crippen molar-refractivity contribution >= 4 is 46.6 Å². The second-order valence-corrected chi connectivity index (χ2v) is 8.77. The molecule has 0 saturated carbocycles. The van der Waals surface area contributed by atoms with Crippen LogP contribution >= 0.6 is 23.2 Å². The van der Waals surface area contributed by atoms with Gasteiger partial charge in [-0.05, 0) is 53.6 Å². The van der Waals surface area contributed by atoms with Crippen LogP contribution in [0.3, 0.4) is 0 Å². The quantitative estimate of drug-likeness (QED) is 0.259. The molecular weight excluding hydrogens is 479 g/mol. The Morgan fingerprint density at radius 1 is 0.829 bits per heavy atom. The minimum Gasteiger partial charge on any atom is -0.487 e. The molecule has 0 saturated heterocycles. The van der Waals surface area contributed by atoms with Crippen molar-refractivity contribution in [3.8, 4) is 5.75 Å². The first-order valence-corrected chi connectivity index (χ1v) is 11.8. The summed E-state index contributed by atoms with van der Waals surface area (Å²) in [6.07, 6.45) is 1.81. The van der Waals surface area contributed by atoms with E-state index in [1.807, 2.05) is 97.1 Å². The lowest BCUT2D eigenvalue weighted by Gasteiger charge is -2.11. The average molecular weight is 499 g/mol. The molecule has 0 aliphatic carbocycles. The molecule has 1 heterocycles. The lowest BCUT2D eigenvalue weighted by Crippen LogP contribution is -2.21. The molecule has 6 heteroatoms. The normalized spacial score (nSPS) is 14.3. The van der Waals surface area contributed by atoms with E-state index in [1.54, 1.807) is 12.1 Å². The molecule has 1 amide bonds. The maximum Gasteiger partial charge on any atom is 0.281 e. The lowest BCUT2D eigenvalue weighted by atomic mass is 10.0. The van der Waals surface area contributed by atoms with Gasteiger partial charge in [-0.2, -0.15) is 10.1 Å². The first-order chi connectivity index (χ1) is 17.1. The Bertz CT molecular complexity index is 1420. The Hall–Kier alpha value is -3.86. The fraction of sp³-hybridized carbons (Fsp3) is 0.0345. The Morgan fingerprint density at radius 2 is 1.51 bits per heavy atom. The van der Waals surface area contributed by atoms with E-state index in [0.717, 1.165) is 16.7 Å². The molecule has 0 aromatic heterocycles. The Balaban J connectivity index is 1.43. The fourth-order valence-corrected chi connectivity index (χ4v) is 4.10. The van der Waals surface area contributed by atoms with Gasteiger partial charge in [0.1, 0.15) is 18.1 Å². The van der Waals surface area contributed by atoms with Crippen LogP contribution in [0, 0.1) is 0 Å². The van der Waals surface area contributed by atoms with Crippen molar-refractivity contribution in [2.24, 2.45) is 5.10 Å². The third-order valence-corrected chi connectivity index (χ3v) is 6.05. The lowest BCUT2D eigenvalue weighted by molar-refractivity contribution is -0.114. The van der Waals surface area contributed by atoms with E-state index in [4.69, 9.17) is 27.9 Å². The zero-order valence-corrected chi connectivity index (χ0v) is 20.1. The van der Waals surface area contributed by atoms with Crippen LogP contribution in [0.15, 0.2) is 114 Å². The van der Waals surface area contributed by atoms with Crippen LogP contribution in [0.2, 0.25) is 10.0 Å². The molecule has 172 valence electrons. The van der Waals surface area contributed by atoms with Crippen molar-refractivity contribution in [2.45, 2.75) is 6.61 Å². The van der Waals surface area contributed by atoms with Gasteiger partial charge in [-0.3, -0.25) is 4.79 Å². The number of benzene rings is 4. The van der Waals surface area contributed by atoms with Crippen molar-refractivity contribution in [2.75, 3.05) is 5.01 Å². The van der Waals surface area contributed by atoms with Gasteiger partial charge in [-0.15, -0.1) is 0 Å². The highest BCUT2D eigenvalue weighted by Crippen LogP contribution is 2.31. The summed E-state index contributed by atoms with van der Waals surface area (Å²) in [7, 11) is 0. The molecule has 4 aromatic carbocycles. The summed E-state index contributed by atoms with van der Waals surface area (Å²) >= 11 is 12.5. The molecule has 0 N–H and O–H groups in total. The number of carbonyl (C=O) groups is 1. The van der Waals surface area contributed by atoms with Crippen LogP contribution < -0.4 is 9.75 Å². The third kappa shape index (κ3) is 5.14. The van der Waals surface area contributed by atoms with Crippen molar-refractivity contribution < 1.29 is 9.53 Å². The number of rotatable bonds is 6. The summed E-state index contributed by atoms with van der Waals surface area (Å²) in [6.45, 7) is 0.368. The van der Waals surface area contributed by atoms with E-state index in [2.05, 4.69) is 5.10 Å². The number of hydrazone groups is 1. The van der Waals surface area contributed by atoms with Crippen LogP contribution in [-0.2, 0) is 11.4 Å². The standard InChI is InChI=1S/C29H20Cl2N2O2/c30-23-14-11-20(12-15-23)19-35-27-16-13-21(18-26(27)31)17-25-28(22-7-3-1-4-8-22)32-33(29(25)34)24-9-5-2-6-10-24/h1-18H,19H2/b25-17-. The van der Waals surface area contributed by atoms with Gasteiger partial charge in [-0.25, -0.2) is 0 Å². The largest absolute Gasteiger partial charge is 0.487 e. The number of hydrogen-bond acceptors (Lipinski definition) is 3. The number of amides is 1. The topological polar surface area (TPSA) is 41.9 Å². The first kappa shape index (κ1) is 22.9. The van der Waals surface area contributed by atoms with E-state index in [-0.39, 0.29) is 5.91 Å². The molecule has 0 fully saturated rings. The van der Waals surface area contributed by atoms with Gasteiger partial charge in [0, 0.05) is 10.6 Å². The van der Waals surface area contributed by atoms with E-state index in [0.29, 0.717) is 39.4 Å². The number of carbonyl (C=O) groups excluding carboxylic acids is 1. The summed E-state index contributed by atoms with van der Waals surface area (Å²) in [4.78, 5) is 13.4. The second-order valence-electron chi connectivity index (χ2n) is 7.93. The van der Waals surface area contributed by atoms with Gasteiger partial charge in [0.2, 0.25) is 0 Å². The van der Waals surface area contributed by atoms with Gasteiger partial charge >= 0.3 is 0 Å². The maximum absolute atomic E-state index is 13.4. The van der Waals surface area contributed by atoms with Gasteiger partial charge in [0.25, 0.3) is 5.91 Å². The minimum absolute atomic E-state index is 0.200. The first-order valence-electron chi connectivity index (χ1n) is 11.0. The smallest absolute Gasteiger partial charge is 0.281 e. The van der Waals surface area contributed by atoms with Crippen LogP contribution in [0.4, 0.5) is 5.69 Å². The monoisotopic (exact) mass is 498 g/mol. The van der Waals surface area contributed by atoms with Crippen LogP contribution in [0.1, 0.15) is 16.7 Å². The summed E-state index contributed by atoms with van der Waals surface area (Å²) in [5.41, 5.74) is 4.43. The van der Waals surface area contributed by atoms with E-state index >= 15 is 0 Å². The molecule has 35 heavy (non-hydrogen) atoms. The number of nitrogens with zero attached hydrogens (tertiary/aromatic N) is 2. The summed E-state index contributed by atoms with van der Waals surface area (Å²) in [5, 5.41) is 7.22. The molecule has 0 atom stereocenters. The molecular formula is C29H20Cl2N2O2. The SMILES string of the molecule is O=C1/C(=C\c2ccc(OCc3ccc(Cl)cc3)c(Cl)c2)C(c2ccccc2)=NN1c1ccccc1. The molecule has 5 rings (SSSR count). The fourth-order valence-electron chi connectivity index (χ4n) is 3.73. The Labute approximate surface area is 213 Å². The van der Waals surface area contributed by atoms with Gasteiger partial charge in [0.15, 0.2) is 0 Å². The third-order valence-electron chi connectivity index (χ3n) is 5.50. The molecule has 1 aliphatic heterocycles. The summed E-state index contributed by atoms with van der Waals surface area (Å²) in [5.74, 6) is 0.360. The van der Waals surface area contributed by atoms with Crippen molar-refractivity contribution in [1.82, 2.24) is 0 Å². The van der Waals surface area contributed by atoms with Crippen LogP contribution in [-0.4, -0.2) is 11.6 Å². The van der Waals surface area contributed by atoms with Gasteiger partial charge in [-0.1, -0.05) is 89.9 Å². The second kappa shape index (κ2) is 10.2. The number of halogens is 2. The maximum atomic E-state index is 13.4. The highest BCUT2D eigenvalue weighted by atomic mass is 35.5. The van der Waals surface area contributed by atoms with E-state index in [1.165, 1.54) is 5.01 Å². The predicted octanol–water partition coefficient (Wildman–Crippen LogP) is 7.41. The molecule has 0 radical (unpaired) electrons. The van der Waals surface area contributed by atoms with E-state index in [9.17, 15) is 4.79 Å². The Kier molecular flexibility index (Phi) is 6.66. The minimum atomic E-state index is -0.200. The van der Waals surface area contributed by atoms with Crippen LogP contribution in [0.25, 0.3) is 6.08 Å². The number of anilines is 1. The highest BCUT2D eigenvalue weighted by molar-refractivity contribution is 6.37. The number of ether oxygens (including phenoxy) is 1. The van der Waals surface area contributed by atoms with Gasteiger partial charge in [0.05, 0.1) is 16.3 Å². The Morgan fingerprint density at radius 3 is 2.20 bits per heavy atom. The van der Waals surface area contributed by atoms with Crippen molar-refractivity contribution in [1.29, 1.82) is 0 Å². The van der Waals surface area contributed by atoms with E-state index < -0.39 is 0 Å². The van der Waals surface area contributed by atoms with Gasteiger partial charge < -0.3 is 4.74 Å². The molecule has 0 bridgehead atoms. The predicted molar refractivity (Wildman–Crippen MR) is 142 cm³/mol. The number of hydrogen-bond donors (Lipinski definition) is 0. The summed E-state index contributed by atoms with van der Waals surface area (Å²) < 4.78 is 5.88. The zero-order valence-electron chi connectivity index (χ0n) is 18.6. The molecule has 0 unspecified atom stereocenters. The van der Waals surface area contributed by atoms with Crippen molar-refractivity contribution in [3.05, 3.63) is 135 Å². The van der Waals surface area contributed by atoms with Crippen molar-refractivity contribution in [3.63, 3.8) is 0 Å². The highest BCUT2D eigenvalue weighted by Gasteiger charge is 2.31. The van der Waals surface area contributed by atoms with Crippen LogP contribution in [0.5, 0.6) is 5.75 Å². The number of para-hydroxylation sites is 1. The molecule has 1 aliphatic rings. The average Bonchev–Trinajstić information content (AvgIpc) is 3.21. The molecule has 4 nitrogen and oxygen atoms in total.